The van der Waals surface area contributed by atoms with Gasteiger partial charge < -0.3 is 10.1 Å². The van der Waals surface area contributed by atoms with Crippen LogP contribution in [-0.2, 0) is 0 Å². The van der Waals surface area contributed by atoms with Crippen molar-refractivity contribution in [3.63, 3.8) is 0 Å². The van der Waals surface area contributed by atoms with Gasteiger partial charge >= 0.3 is 0 Å². The van der Waals surface area contributed by atoms with Gasteiger partial charge in [-0.1, -0.05) is 11.6 Å². The first kappa shape index (κ1) is 15.9. The van der Waals surface area contributed by atoms with Crippen LogP contribution in [0.4, 0.5) is 5.69 Å². The molecule has 1 aromatic carbocycles. The molecule has 1 aromatic rings. The summed E-state index contributed by atoms with van der Waals surface area (Å²) in [5, 5.41) is 4.29. The Hall–Kier alpha value is -0.450. The maximum Gasteiger partial charge on any atom is 0.156 e. The molecule has 0 spiro atoms. The van der Waals surface area contributed by atoms with Gasteiger partial charge in [-0.05, 0) is 55.3 Å². The number of benzene rings is 1. The Labute approximate surface area is 134 Å². The van der Waals surface area contributed by atoms with Gasteiger partial charge in [0.15, 0.2) is 5.75 Å². The largest absolute Gasteiger partial charge is 0.491 e. The predicted molar refractivity (Wildman–Crippen MR) is 89.1 cm³/mol. The number of likely N-dealkylation sites (tertiary alicyclic amines) is 1. The van der Waals surface area contributed by atoms with Crippen molar-refractivity contribution >= 4 is 33.2 Å². The molecule has 5 heteroatoms. The van der Waals surface area contributed by atoms with Gasteiger partial charge in [-0.3, -0.25) is 4.90 Å². The molecule has 0 aliphatic carbocycles. The van der Waals surface area contributed by atoms with E-state index in [1.54, 1.807) is 0 Å². The standard InChI is InChI=1S/C15H22BrClN2O/c1-4-20-15-13(16)7-11(17)8-14(15)18-12-5-6-19(9-12)10(2)3/h7-8,10,12,18H,4-6,9H2,1-3H3. The highest BCUT2D eigenvalue weighted by Gasteiger charge is 2.25. The first-order chi connectivity index (χ1) is 9.51. The molecule has 2 rings (SSSR count). The third-order valence-corrected chi connectivity index (χ3v) is 4.41. The molecule has 1 fully saturated rings. The second kappa shape index (κ2) is 7.01. The zero-order valence-electron chi connectivity index (χ0n) is 12.2. The van der Waals surface area contributed by atoms with Crippen LogP contribution in [0, 0.1) is 0 Å². The van der Waals surface area contributed by atoms with E-state index >= 15 is 0 Å². The summed E-state index contributed by atoms with van der Waals surface area (Å²) in [6.45, 7) is 9.31. The first-order valence-corrected chi connectivity index (χ1v) is 8.30. The molecular weight excluding hydrogens is 340 g/mol. The van der Waals surface area contributed by atoms with Gasteiger partial charge in [-0.2, -0.15) is 0 Å². The van der Waals surface area contributed by atoms with Gasteiger partial charge in [0.05, 0.1) is 16.8 Å². The summed E-state index contributed by atoms with van der Waals surface area (Å²) in [6, 6.07) is 4.85. The third kappa shape index (κ3) is 3.80. The Bertz CT molecular complexity index is 467. The number of hydrogen-bond donors (Lipinski definition) is 1. The van der Waals surface area contributed by atoms with Crippen LogP contribution in [0.15, 0.2) is 16.6 Å². The van der Waals surface area contributed by atoms with Crippen LogP contribution in [0.25, 0.3) is 0 Å². The number of hydrogen-bond acceptors (Lipinski definition) is 3. The van der Waals surface area contributed by atoms with Crippen LogP contribution >= 0.6 is 27.5 Å². The Kier molecular flexibility index (Phi) is 5.58. The van der Waals surface area contributed by atoms with Gasteiger partial charge in [-0.15, -0.1) is 0 Å². The number of anilines is 1. The van der Waals surface area contributed by atoms with Crippen LogP contribution < -0.4 is 10.1 Å². The van der Waals surface area contributed by atoms with E-state index in [-0.39, 0.29) is 0 Å². The normalized spacial score (nSPS) is 19.6. The summed E-state index contributed by atoms with van der Waals surface area (Å²) in [5.74, 6) is 0.847. The van der Waals surface area contributed by atoms with Crippen molar-refractivity contribution in [2.75, 3.05) is 25.0 Å². The Morgan fingerprint density at radius 2 is 2.25 bits per heavy atom. The lowest BCUT2D eigenvalue weighted by Gasteiger charge is -2.22. The van der Waals surface area contributed by atoms with E-state index in [0.717, 1.165) is 35.4 Å². The van der Waals surface area contributed by atoms with Crippen LogP contribution in [0.5, 0.6) is 5.75 Å². The summed E-state index contributed by atoms with van der Waals surface area (Å²) in [4.78, 5) is 2.48. The zero-order valence-corrected chi connectivity index (χ0v) is 14.6. The molecule has 1 aliphatic heterocycles. The third-order valence-electron chi connectivity index (χ3n) is 3.61. The van der Waals surface area contributed by atoms with Crippen LogP contribution in [-0.4, -0.2) is 36.7 Å². The molecule has 0 saturated carbocycles. The van der Waals surface area contributed by atoms with Crippen LogP contribution in [0.1, 0.15) is 27.2 Å². The minimum absolute atomic E-state index is 0.446. The second-order valence-electron chi connectivity index (χ2n) is 5.42. The molecule has 1 unspecified atom stereocenters. The molecule has 0 aromatic heterocycles. The molecule has 1 atom stereocenters. The quantitative estimate of drug-likeness (QED) is 0.841. The van der Waals surface area contributed by atoms with Gasteiger partial charge in [0.1, 0.15) is 0 Å². The van der Waals surface area contributed by atoms with Crippen molar-refractivity contribution in [3.8, 4) is 5.75 Å². The Morgan fingerprint density at radius 1 is 1.50 bits per heavy atom. The van der Waals surface area contributed by atoms with Crippen molar-refractivity contribution < 1.29 is 4.74 Å². The van der Waals surface area contributed by atoms with E-state index in [0.29, 0.717) is 23.7 Å². The minimum atomic E-state index is 0.446. The maximum absolute atomic E-state index is 6.15. The summed E-state index contributed by atoms with van der Waals surface area (Å²) in [6.07, 6.45) is 1.15. The van der Waals surface area contributed by atoms with Crippen molar-refractivity contribution in [2.24, 2.45) is 0 Å². The zero-order chi connectivity index (χ0) is 14.7. The first-order valence-electron chi connectivity index (χ1n) is 7.13. The number of halogens is 2. The fourth-order valence-electron chi connectivity index (χ4n) is 2.55. The average Bonchev–Trinajstić information content (AvgIpc) is 2.82. The molecular formula is C15H22BrClN2O. The predicted octanol–water partition coefficient (Wildman–Crippen LogP) is 4.40. The molecule has 20 heavy (non-hydrogen) atoms. The molecule has 112 valence electrons. The highest BCUT2D eigenvalue weighted by molar-refractivity contribution is 9.10. The summed E-state index contributed by atoms with van der Waals surface area (Å²) in [5.41, 5.74) is 0.974. The molecule has 1 saturated heterocycles. The molecule has 0 amide bonds. The minimum Gasteiger partial charge on any atom is -0.491 e. The molecule has 0 bridgehead atoms. The SMILES string of the molecule is CCOc1c(Br)cc(Cl)cc1NC1CCN(C(C)C)C1. The van der Waals surface area contributed by atoms with Crippen molar-refractivity contribution in [1.29, 1.82) is 0 Å². The van der Waals surface area contributed by atoms with Crippen molar-refractivity contribution in [3.05, 3.63) is 21.6 Å². The van der Waals surface area contributed by atoms with E-state index in [1.807, 2.05) is 19.1 Å². The van der Waals surface area contributed by atoms with Gasteiger partial charge in [0.2, 0.25) is 0 Å². The fourth-order valence-corrected chi connectivity index (χ4v) is 3.48. The monoisotopic (exact) mass is 360 g/mol. The van der Waals surface area contributed by atoms with E-state index < -0.39 is 0 Å². The molecule has 1 N–H and O–H groups in total. The second-order valence-corrected chi connectivity index (χ2v) is 6.71. The molecule has 1 aliphatic rings. The lowest BCUT2D eigenvalue weighted by molar-refractivity contribution is 0.274. The highest BCUT2D eigenvalue weighted by Crippen LogP contribution is 2.37. The fraction of sp³-hybridized carbons (Fsp3) is 0.600. The van der Waals surface area contributed by atoms with Gasteiger partial charge in [0.25, 0.3) is 0 Å². The Morgan fingerprint density at radius 3 is 2.85 bits per heavy atom. The highest BCUT2D eigenvalue weighted by atomic mass is 79.9. The van der Waals surface area contributed by atoms with Crippen LogP contribution in [0.3, 0.4) is 0 Å². The van der Waals surface area contributed by atoms with E-state index in [1.165, 1.54) is 0 Å². The van der Waals surface area contributed by atoms with E-state index in [9.17, 15) is 0 Å². The summed E-state index contributed by atoms with van der Waals surface area (Å²) < 4.78 is 6.62. The summed E-state index contributed by atoms with van der Waals surface area (Å²) in [7, 11) is 0. The number of nitrogens with zero attached hydrogens (tertiary/aromatic N) is 1. The van der Waals surface area contributed by atoms with Crippen molar-refractivity contribution in [1.82, 2.24) is 4.90 Å². The number of nitrogens with one attached hydrogen (secondary N) is 1. The molecule has 3 nitrogen and oxygen atoms in total. The van der Waals surface area contributed by atoms with Crippen LogP contribution in [0.2, 0.25) is 5.02 Å². The maximum atomic E-state index is 6.15. The lowest BCUT2D eigenvalue weighted by Crippen LogP contribution is -2.31. The molecule has 1 heterocycles. The average molecular weight is 362 g/mol. The number of ether oxygens (including phenoxy) is 1. The smallest absolute Gasteiger partial charge is 0.156 e. The van der Waals surface area contributed by atoms with Crippen molar-refractivity contribution in [2.45, 2.75) is 39.3 Å². The van der Waals surface area contributed by atoms with E-state index in [2.05, 4.69) is 40.0 Å². The van der Waals surface area contributed by atoms with Gasteiger partial charge in [0, 0.05) is 30.2 Å². The topological polar surface area (TPSA) is 24.5 Å². The molecule has 0 radical (unpaired) electrons. The number of rotatable bonds is 5. The lowest BCUT2D eigenvalue weighted by atomic mass is 10.2. The van der Waals surface area contributed by atoms with E-state index in [4.69, 9.17) is 16.3 Å². The summed E-state index contributed by atoms with van der Waals surface area (Å²) >= 11 is 9.67. The van der Waals surface area contributed by atoms with Gasteiger partial charge in [-0.25, -0.2) is 0 Å². The Balaban J connectivity index is 2.13.